The number of nitrogens with zero attached hydrogens (tertiary/aromatic N) is 1. The highest BCUT2D eigenvalue weighted by molar-refractivity contribution is 5.98. The Labute approximate surface area is 116 Å². The maximum Gasteiger partial charge on any atom is 0.337 e. The van der Waals surface area contributed by atoms with Crippen molar-refractivity contribution in [3.05, 3.63) is 53.8 Å². The highest BCUT2D eigenvalue weighted by atomic mass is 19.1. The van der Waals surface area contributed by atoms with Crippen LogP contribution >= 0.6 is 0 Å². The van der Waals surface area contributed by atoms with Crippen LogP contribution in [0.5, 0.6) is 0 Å². The molecule has 20 heavy (non-hydrogen) atoms. The van der Waals surface area contributed by atoms with Gasteiger partial charge in [0.05, 0.1) is 16.9 Å². The molecule has 3 N–H and O–H groups in total. The third kappa shape index (κ3) is 2.56. The molecule has 0 aromatic heterocycles. The molecule has 0 unspecified atom stereocenters. The summed E-state index contributed by atoms with van der Waals surface area (Å²) in [5, 5.41) is 9.10. The number of carboxylic acid groups (broad SMARTS) is 1. The van der Waals surface area contributed by atoms with E-state index in [9.17, 15) is 9.18 Å². The minimum atomic E-state index is -1.07. The lowest BCUT2D eigenvalue weighted by atomic mass is 10.1. The molecule has 0 radical (unpaired) electrons. The van der Waals surface area contributed by atoms with Gasteiger partial charge < -0.3 is 15.7 Å². The predicted molar refractivity (Wildman–Crippen MR) is 76.9 cm³/mol. The number of carbonyl (C=O) groups is 1. The van der Waals surface area contributed by atoms with Gasteiger partial charge in [-0.05, 0) is 43.3 Å². The number of hydrogen-bond acceptors (Lipinski definition) is 3. The van der Waals surface area contributed by atoms with Crippen molar-refractivity contribution < 1.29 is 14.3 Å². The summed E-state index contributed by atoms with van der Waals surface area (Å²) in [4.78, 5) is 13.0. The Bertz CT molecular complexity index is 626. The molecule has 0 saturated carbocycles. The summed E-state index contributed by atoms with van der Waals surface area (Å²) in [6.45, 7) is 2.50. The molecule has 0 fully saturated rings. The molecule has 0 atom stereocenters. The molecule has 0 aliphatic rings. The molecule has 2 rings (SSSR count). The molecule has 5 heteroatoms. The van der Waals surface area contributed by atoms with Crippen LogP contribution in [0.25, 0.3) is 0 Å². The highest BCUT2D eigenvalue weighted by Crippen LogP contribution is 2.32. The zero-order chi connectivity index (χ0) is 14.7. The zero-order valence-corrected chi connectivity index (χ0v) is 11.0. The van der Waals surface area contributed by atoms with Gasteiger partial charge in [0.25, 0.3) is 0 Å². The third-order valence-electron chi connectivity index (χ3n) is 3.06. The van der Waals surface area contributed by atoms with E-state index in [1.54, 1.807) is 24.3 Å². The summed E-state index contributed by atoms with van der Waals surface area (Å²) in [6, 6.07) is 10.8. The molecule has 4 nitrogen and oxygen atoms in total. The van der Waals surface area contributed by atoms with Gasteiger partial charge in [0, 0.05) is 12.2 Å². The first-order valence-electron chi connectivity index (χ1n) is 6.19. The molecule has 0 aliphatic carbocycles. The molecule has 0 amide bonds. The van der Waals surface area contributed by atoms with E-state index in [1.807, 2.05) is 11.8 Å². The van der Waals surface area contributed by atoms with Crippen LogP contribution in [0, 0.1) is 5.82 Å². The van der Waals surface area contributed by atoms with Crippen molar-refractivity contribution in [1.29, 1.82) is 0 Å². The molecule has 2 aromatic rings. The van der Waals surface area contributed by atoms with Crippen molar-refractivity contribution in [3.8, 4) is 0 Å². The van der Waals surface area contributed by atoms with Gasteiger partial charge >= 0.3 is 5.97 Å². The van der Waals surface area contributed by atoms with Gasteiger partial charge in [-0.15, -0.1) is 0 Å². The largest absolute Gasteiger partial charge is 0.478 e. The monoisotopic (exact) mass is 274 g/mol. The fraction of sp³-hybridized carbons (Fsp3) is 0.133. The minimum absolute atomic E-state index is 0.0584. The average molecular weight is 274 g/mol. The summed E-state index contributed by atoms with van der Waals surface area (Å²) in [7, 11) is 0. The number of benzene rings is 2. The molecule has 0 spiro atoms. The topological polar surface area (TPSA) is 66.6 Å². The van der Waals surface area contributed by atoms with Gasteiger partial charge in [-0.3, -0.25) is 0 Å². The first kappa shape index (κ1) is 13.9. The van der Waals surface area contributed by atoms with Crippen molar-refractivity contribution in [2.75, 3.05) is 17.2 Å². The van der Waals surface area contributed by atoms with Crippen LogP contribution in [0.15, 0.2) is 42.5 Å². The number of carboxylic acids is 1. The van der Waals surface area contributed by atoms with Gasteiger partial charge in [-0.25, -0.2) is 9.18 Å². The van der Waals surface area contributed by atoms with Crippen molar-refractivity contribution in [2.45, 2.75) is 6.92 Å². The summed E-state index contributed by atoms with van der Waals surface area (Å²) < 4.78 is 13.0. The number of nitrogen functional groups attached to an aromatic ring is 1. The van der Waals surface area contributed by atoms with Crippen molar-refractivity contribution in [1.82, 2.24) is 0 Å². The lowest BCUT2D eigenvalue weighted by Crippen LogP contribution is -2.18. The van der Waals surface area contributed by atoms with E-state index >= 15 is 0 Å². The van der Waals surface area contributed by atoms with Gasteiger partial charge in [-0.2, -0.15) is 0 Å². The number of nitrogens with two attached hydrogens (primary N) is 1. The van der Waals surface area contributed by atoms with E-state index in [0.29, 0.717) is 12.2 Å². The van der Waals surface area contributed by atoms with E-state index in [4.69, 9.17) is 10.8 Å². The summed E-state index contributed by atoms with van der Waals surface area (Å²) >= 11 is 0. The SMILES string of the molecule is CCN(c1ccc(F)cc1)c1cccc(C(=O)O)c1N. The maximum absolute atomic E-state index is 13.0. The minimum Gasteiger partial charge on any atom is -0.478 e. The van der Waals surface area contributed by atoms with Crippen LogP contribution < -0.4 is 10.6 Å². The average Bonchev–Trinajstić information content (AvgIpc) is 2.43. The predicted octanol–water partition coefficient (Wildman–Crippen LogP) is 3.26. The summed E-state index contributed by atoms with van der Waals surface area (Å²) in [6.07, 6.45) is 0. The second-order valence-electron chi connectivity index (χ2n) is 4.26. The Morgan fingerprint density at radius 3 is 2.45 bits per heavy atom. The number of rotatable bonds is 4. The zero-order valence-electron chi connectivity index (χ0n) is 11.0. The molecule has 0 bridgehead atoms. The second kappa shape index (κ2) is 5.61. The highest BCUT2D eigenvalue weighted by Gasteiger charge is 2.16. The quantitative estimate of drug-likeness (QED) is 0.840. The van der Waals surface area contributed by atoms with Gasteiger partial charge in [0.2, 0.25) is 0 Å². The van der Waals surface area contributed by atoms with Crippen LogP contribution in [-0.4, -0.2) is 17.6 Å². The molecule has 0 heterocycles. The smallest absolute Gasteiger partial charge is 0.337 e. The Balaban J connectivity index is 2.49. The Hall–Kier alpha value is -2.56. The number of halogens is 1. The van der Waals surface area contributed by atoms with Crippen molar-refractivity contribution in [3.63, 3.8) is 0 Å². The van der Waals surface area contributed by atoms with Crippen molar-refractivity contribution in [2.24, 2.45) is 0 Å². The molecule has 0 aliphatic heterocycles. The fourth-order valence-corrected chi connectivity index (χ4v) is 2.09. The van der Waals surface area contributed by atoms with Crippen LogP contribution in [-0.2, 0) is 0 Å². The lowest BCUT2D eigenvalue weighted by molar-refractivity contribution is 0.0698. The fourth-order valence-electron chi connectivity index (χ4n) is 2.09. The first-order valence-corrected chi connectivity index (χ1v) is 6.19. The van der Waals surface area contributed by atoms with Crippen LogP contribution in [0.4, 0.5) is 21.5 Å². The van der Waals surface area contributed by atoms with E-state index in [1.165, 1.54) is 18.2 Å². The van der Waals surface area contributed by atoms with Gasteiger partial charge in [0.1, 0.15) is 5.82 Å². The van der Waals surface area contributed by atoms with Gasteiger partial charge in [0.15, 0.2) is 0 Å². The van der Waals surface area contributed by atoms with Crippen LogP contribution in [0.2, 0.25) is 0 Å². The normalized spacial score (nSPS) is 10.3. The number of anilines is 3. The summed E-state index contributed by atoms with van der Waals surface area (Å²) in [5.41, 5.74) is 7.54. The molecule has 2 aromatic carbocycles. The lowest BCUT2D eigenvalue weighted by Gasteiger charge is -2.25. The maximum atomic E-state index is 13.0. The molecular formula is C15H15FN2O2. The van der Waals surface area contributed by atoms with Crippen LogP contribution in [0.3, 0.4) is 0 Å². The molecule has 0 saturated heterocycles. The van der Waals surface area contributed by atoms with Crippen LogP contribution in [0.1, 0.15) is 17.3 Å². The van der Waals surface area contributed by atoms with E-state index in [-0.39, 0.29) is 17.1 Å². The number of para-hydroxylation sites is 1. The molecule has 104 valence electrons. The number of aromatic carboxylic acids is 1. The summed E-state index contributed by atoms with van der Waals surface area (Å²) in [5.74, 6) is -1.39. The number of hydrogen-bond donors (Lipinski definition) is 2. The molecular weight excluding hydrogens is 259 g/mol. The third-order valence-corrected chi connectivity index (χ3v) is 3.06. The van der Waals surface area contributed by atoms with E-state index in [2.05, 4.69) is 0 Å². The van der Waals surface area contributed by atoms with E-state index < -0.39 is 5.97 Å². The van der Waals surface area contributed by atoms with E-state index in [0.717, 1.165) is 5.69 Å². The Morgan fingerprint density at radius 2 is 1.90 bits per heavy atom. The Kier molecular flexibility index (Phi) is 3.89. The van der Waals surface area contributed by atoms with Gasteiger partial charge in [-0.1, -0.05) is 6.07 Å². The standard InChI is InChI=1S/C15H15FN2O2/c1-2-18(11-8-6-10(16)7-9-11)13-5-3-4-12(14(13)17)15(19)20/h3-9H,2,17H2,1H3,(H,19,20). The second-order valence-corrected chi connectivity index (χ2v) is 4.26. The first-order chi connectivity index (χ1) is 9.54. The Morgan fingerprint density at radius 1 is 1.25 bits per heavy atom. The van der Waals surface area contributed by atoms with Crippen molar-refractivity contribution >= 4 is 23.0 Å².